The summed E-state index contributed by atoms with van der Waals surface area (Å²) < 4.78 is 34.9. The highest BCUT2D eigenvalue weighted by atomic mass is 32.1. The molecule has 0 aliphatic rings. The molecule has 0 atom stereocenters. The average molecular weight is 504 g/mol. The summed E-state index contributed by atoms with van der Waals surface area (Å²) in [7, 11) is 7.60. The number of thiophene rings is 1. The fourth-order valence-electron chi connectivity index (χ4n) is 3.67. The van der Waals surface area contributed by atoms with E-state index in [1.54, 1.807) is 33.9 Å². The summed E-state index contributed by atoms with van der Waals surface area (Å²) in [5, 5.41) is 9.33. The van der Waals surface area contributed by atoms with Gasteiger partial charge in [-0.15, -0.1) is 11.3 Å². The van der Waals surface area contributed by atoms with Gasteiger partial charge in [-0.05, 0) is 44.0 Å². The van der Waals surface area contributed by atoms with Gasteiger partial charge in [0.2, 0.25) is 0 Å². The number of nitrogens with zero attached hydrogens (tertiary/aromatic N) is 3. The van der Waals surface area contributed by atoms with E-state index < -0.39 is 18.1 Å². The second kappa shape index (κ2) is 12.3. The second-order valence-corrected chi connectivity index (χ2v) is 10.2. The number of nitrogens with two attached hydrogens (primary N) is 1. The molecule has 0 aliphatic heterocycles. The van der Waals surface area contributed by atoms with Crippen LogP contribution in [0.4, 0.5) is 13.6 Å². The number of halogens is 2. The highest BCUT2D eigenvalue weighted by Gasteiger charge is 2.33. The van der Waals surface area contributed by atoms with Gasteiger partial charge in [0.05, 0.1) is 5.69 Å². The van der Waals surface area contributed by atoms with Crippen LogP contribution >= 0.6 is 11.3 Å². The van der Waals surface area contributed by atoms with Crippen LogP contribution in [0.3, 0.4) is 0 Å². The lowest BCUT2D eigenvalue weighted by molar-refractivity contribution is 0.0543. The number of hydrogen-bond acceptors (Lipinski definition) is 6. The van der Waals surface area contributed by atoms with Crippen LogP contribution in [0.5, 0.6) is 0 Å². The van der Waals surface area contributed by atoms with Crippen LogP contribution in [-0.2, 0) is 4.74 Å². The monoisotopic (exact) mass is 504 g/mol. The molecule has 0 unspecified atom stereocenters. The fourth-order valence-corrected chi connectivity index (χ4v) is 4.76. The van der Waals surface area contributed by atoms with Crippen LogP contribution in [0.1, 0.15) is 84.6 Å². The van der Waals surface area contributed by atoms with E-state index in [-0.39, 0.29) is 26.5 Å². The van der Waals surface area contributed by atoms with E-state index in [1.807, 2.05) is 40.8 Å². The van der Waals surface area contributed by atoms with Crippen LogP contribution in [0.2, 0.25) is 0 Å². The molecule has 10 heteroatoms. The summed E-state index contributed by atoms with van der Waals surface area (Å²) in [6.45, 7) is 15.0. The lowest BCUT2D eigenvalue weighted by Crippen LogP contribution is -2.28. The molecule has 2 heterocycles. The maximum Gasteiger partial charge on any atom is 0.420 e. The number of ether oxygens (including phenoxy) is 1. The first-order valence-electron chi connectivity index (χ1n) is 11.4. The van der Waals surface area contributed by atoms with E-state index in [2.05, 4.69) is 0 Å². The summed E-state index contributed by atoms with van der Waals surface area (Å²) in [5.41, 5.74) is 7.04. The Bertz CT molecular complexity index is 1150. The molecule has 2 aromatic rings. The van der Waals surface area contributed by atoms with Gasteiger partial charge < -0.3 is 15.4 Å². The number of rotatable bonds is 6. The standard InChI is InChI=1S/C23H29BF2N4O2S.C2H6/c1-12(2)15-16-17(20(25)26)19(24)33-21(16)30(22(31)32-23(4,5)6)18(15)14(9-27)8-13(3)10-29(7)11-28;1-2/h8-9,12,20H,10,27H2,1-7H3;1-2H3/b13-8-,14-9+;. The minimum atomic E-state index is -2.81. The van der Waals surface area contributed by atoms with E-state index in [1.165, 1.54) is 15.7 Å². The van der Waals surface area contributed by atoms with Crippen molar-refractivity contribution in [3.05, 3.63) is 34.7 Å². The minimum Gasteiger partial charge on any atom is -0.443 e. The molecule has 0 saturated carbocycles. The smallest absolute Gasteiger partial charge is 0.420 e. The van der Waals surface area contributed by atoms with Crippen molar-refractivity contribution in [1.82, 2.24) is 9.47 Å². The molecule has 0 saturated heterocycles. The van der Waals surface area contributed by atoms with Crippen LogP contribution in [0, 0.1) is 11.5 Å². The predicted octanol–water partition coefficient (Wildman–Crippen LogP) is 6.03. The highest BCUT2D eigenvalue weighted by molar-refractivity contribution is 7.26. The number of alkyl halides is 2. The van der Waals surface area contributed by atoms with E-state index in [4.69, 9.17) is 23.6 Å². The zero-order chi connectivity index (χ0) is 27.2. The number of hydrogen-bond donors (Lipinski definition) is 1. The largest absolute Gasteiger partial charge is 0.443 e. The Balaban J connectivity index is 0.00000298. The first kappa shape index (κ1) is 30.2. The van der Waals surface area contributed by atoms with Gasteiger partial charge in [-0.1, -0.05) is 39.3 Å². The Labute approximate surface area is 212 Å². The van der Waals surface area contributed by atoms with Gasteiger partial charge in [-0.3, -0.25) is 0 Å². The van der Waals surface area contributed by atoms with Gasteiger partial charge in [-0.2, -0.15) is 5.26 Å². The van der Waals surface area contributed by atoms with Crippen LogP contribution < -0.4 is 10.5 Å². The number of fused-ring (bicyclic) bond motifs is 1. The third-order valence-electron chi connectivity index (χ3n) is 4.79. The lowest BCUT2D eigenvalue weighted by Gasteiger charge is -2.22. The van der Waals surface area contributed by atoms with Crippen molar-refractivity contribution < 1.29 is 18.3 Å². The molecule has 2 rings (SSSR count). The third-order valence-corrected chi connectivity index (χ3v) is 5.81. The zero-order valence-electron chi connectivity index (χ0n) is 22.0. The van der Waals surface area contributed by atoms with Crippen molar-refractivity contribution in [3.63, 3.8) is 0 Å². The van der Waals surface area contributed by atoms with Gasteiger partial charge >= 0.3 is 6.09 Å². The van der Waals surface area contributed by atoms with Crippen molar-refractivity contribution in [2.75, 3.05) is 13.6 Å². The molecule has 2 radical (unpaired) electrons. The number of allylic oxidation sites excluding steroid dienone is 2. The summed E-state index contributed by atoms with van der Waals surface area (Å²) in [4.78, 5) is 15.1. The summed E-state index contributed by atoms with van der Waals surface area (Å²) in [6, 6.07) is 0. The van der Waals surface area contributed by atoms with Gasteiger partial charge in [-0.25, -0.2) is 18.1 Å². The van der Waals surface area contributed by atoms with E-state index in [0.29, 0.717) is 23.4 Å². The average Bonchev–Trinajstić information content (AvgIpc) is 3.23. The SMILES string of the molecule is CC.[B]c1sc2c(c(C(C)C)c(C(/C=C(/C)CN(C)C#N)=C/N)n2C(=O)OC(C)(C)C)c1C(F)F. The molecule has 0 bridgehead atoms. The topological polar surface area (TPSA) is 84.3 Å². The van der Waals surface area contributed by atoms with E-state index in [9.17, 15) is 13.6 Å². The first-order valence-corrected chi connectivity index (χ1v) is 12.2. The molecule has 0 aliphatic carbocycles. The van der Waals surface area contributed by atoms with Crippen molar-refractivity contribution >= 4 is 45.8 Å². The number of likely N-dealkylation sites (N-methyl/N-ethyl adjacent to an activating group) is 1. The van der Waals surface area contributed by atoms with Crippen LogP contribution in [0.15, 0.2) is 17.8 Å². The Hall–Kier alpha value is -2.80. The third kappa shape index (κ3) is 6.88. The Morgan fingerprint density at radius 2 is 1.89 bits per heavy atom. The van der Waals surface area contributed by atoms with Crippen molar-refractivity contribution in [2.24, 2.45) is 5.73 Å². The predicted molar refractivity (Wildman–Crippen MR) is 141 cm³/mol. The number of nitriles is 1. The zero-order valence-corrected chi connectivity index (χ0v) is 22.8. The number of carbonyl (C=O) groups is 1. The second-order valence-electron chi connectivity index (χ2n) is 9.16. The van der Waals surface area contributed by atoms with Gasteiger partial charge in [0.1, 0.15) is 18.3 Å². The van der Waals surface area contributed by atoms with Crippen molar-refractivity contribution in [2.45, 2.75) is 73.3 Å². The van der Waals surface area contributed by atoms with Gasteiger partial charge in [0.15, 0.2) is 6.19 Å². The molecule has 190 valence electrons. The molecule has 2 N–H and O–H groups in total. The quantitative estimate of drug-likeness (QED) is 0.225. The molecule has 0 aromatic carbocycles. The molecule has 0 amide bonds. The molecule has 0 spiro atoms. The molecule has 2 aromatic heterocycles. The van der Waals surface area contributed by atoms with Crippen molar-refractivity contribution in [1.29, 1.82) is 5.26 Å². The maximum atomic E-state index is 14.0. The number of aromatic nitrogens is 1. The normalized spacial score (nSPS) is 12.6. The Morgan fingerprint density at radius 1 is 1.31 bits per heavy atom. The summed E-state index contributed by atoms with van der Waals surface area (Å²) in [6.07, 6.45) is 1.56. The van der Waals surface area contributed by atoms with Crippen LogP contribution in [0.25, 0.3) is 15.8 Å². The Morgan fingerprint density at radius 3 is 2.31 bits per heavy atom. The molecular formula is C25H35BF2N4O2S. The maximum absolute atomic E-state index is 14.0. The van der Waals surface area contributed by atoms with Gasteiger partial charge in [0, 0.05) is 36.3 Å². The Kier molecular flexibility index (Phi) is 10.6. The fraction of sp³-hybridized carbons (Fsp3) is 0.520. The summed E-state index contributed by atoms with van der Waals surface area (Å²) in [5.74, 6) is -0.233. The minimum absolute atomic E-state index is 0.0404. The highest BCUT2D eigenvalue weighted by Crippen LogP contribution is 2.43. The van der Waals surface area contributed by atoms with E-state index in [0.717, 1.165) is 16.9 Å². The first-order chi connectivity index (χ1) is 16.2. The molecule has 0 fully saturated rings. The van der Waals surface area contributed by atoms with Crippen molar-refractivity contribution in [3.8, 4) is 6.19 Å². The van der Waals surface area contributed by atoms with E-state index >= 15 is 0 Å². The lowest BCUT2D eigenvalue weighted by atomic mass is 9.92. The molecule has 35 heavy (non-hydrogen) atoms. The van der Waals surface area contributed by atoms with Gasteiger partial charge in [0.25, 0.3) is 6.43 Å². The molecular weight excluding hydrogens is 469 g/mol. The number of carbonyl (C=O) groups excluding carboxylic acids is 1. The van der Waals surface area contributed by atoms with Crippen LogP contribution in [-0.4, -0.2) is 42.6 Å². The summed E-state index contributed by atoms with van der Waals surface area (Å²) >= 11 is 0.921. The molecule has 6 nitrogen and oxygen atoms in total.